The molecule has 7 nitrogen and oxygen atoms in total. The van der Waals surface area contributed by atoms with E-state index in [9.17, 15) is 31.2 Å². The summed E-state index contributed by atoms with van der Waals surface area (Å²) in [5.74, 6) is -1.02. The van der Waals surface area contributed by atoms with Gasteiger partial charge in [-0.15, -0.1) is 0 Å². The summed E-state index contributed by atoms with van der Waals surface area (Å²) in [6, 6.07) is 12.5. The van der Waals surface area contributed by atoms with Gasteiger partial charge >= 0.3 is 6.18 Å². The quantitative estimate of drug-likeness (QED) is 0.280. The van der Waals surface area contributed by atoms with E-state index in [1.54, 1.807) is 24.3 Å². The summed E-state index contributed by atoms with van der Waals surface area (Å²) in [7, 11) is -4.61. The first-order valence-electron chi connectivity index (χ1n) is 12.7. The number of alkyl halides is 3. The molecule has 0 spiro atoms. The van der Waals surface area contributed by atoms with E-state index >= 15 is 0 Å². The maximum atomic E-state index is 13.9. The molecule has 3 aromatic carbocycles. The van der Waals surface area contributed by atoms with Crippen molar-refractivity contribution in [3.05, 3.63) is 93.5 Å². The molecular weight excluding hydrogens is 602 g/mol. The van der Waals surface area contributed by atoms with Crippen molar-refractivity contribution in [2.24, 2.45) is 0 Å². The van der Waals surface area contributed by atoms with Crippen LogP contribution in [0.5, 0.6) is 0 Å². The third-order valence-electron chi connectivity index (χ3n) is 6.42. The van der Waals surface area contributed by atoms with Gasteiger partial charge in [0.1, 0.15) is 6.04 Å². The maximum Gasteiger partial charge on any atom is 0.416 e. The predicted octanol–water partition coefficient (Wildman–Crippen LogP) is 6.19. The zero-order valence-corrected chi connectivity index (χ0v) is 24.0. The number of rotatable bonds is 10. The lowest BCUT2D eigenvalue weighted by atomic mass is 10.1. The van der Waals surface area contributed by atoms with E-state index < -0.39 is 39.4 Å². The number of carbonyl (C=O) groups is 2. The van der Waals surface area contributed by atoms with Gasteiger partial charge in [0.2, 0.25) is 5.91 Å². The van der Waals surface area contributed by atoms with Gasteiger partial charge in [0.15, 0.2) is 0 Å². The van der Waals surface area contributed by atoms with Gasteiger partial charge in [0, 0.05) is 23.2 Å². The Bertz CT molecular complexity index is 1550. The molecule has 1 unspecified atom stereocenters. The smallest absolute Gasteiger partial charge is 0.350 e. The van der Waals surface area contributed by atoms with Crippen LogP contribution in [-0.4, -0.2) is 32.3 Å². The highest BCUT2D eigenvalue weighted by Crippen LogP contribution is 2.39. The van der Waals surface area contributed by atoms with Gasteiger partial charge in [0.05, 0.1) is 21.2 Å². The first-order valence-corrected chi connectivity index (χ1v) is 14.8. The summed E-state index contributed by atoms with van der Waals surface area (Å²) >= 11 is 12.2. The van der Waals surface area contributed by atoms with E-state index in [-0.39, 0.29) is 39.9 Å². The SMILES string of the molecule is CCC(C(=O)NCc1cccc(C(=O)NC2CC2)c1)N(c1cc(C(F)(F)F)ccc1Cl)S(=O)(=O)c1ccc(Cl)cc1. The monoisotopic (exact) mass is 627 g/mol. The van der Waals surface area contributed by atoms with Crippen LogP contribution in [0, 0.1) is 0 Å². The highest BCUT2D eigenvalue weighted by molar-refractivity contribution is 7.93. The van der Waals surface area contributed by atoms with Crippen LogP contribution >= 0.6 is 23.2 Å². The summed E-state index contributed by atoms with van der Waals surface area (Å²) in [6.45, 7) is 1.46. The van der Waals surface area contributed by atoms with E-state index in [2.05, 4.69) is 10.6 Å². The number of carbonyl (C=O) groups excluding carboxylic acids is 2. The molecule has 0 saturated heterocycles. The van der Waals surface area contributed by atoms with Crippen molar-refractivity contribution < 1.29 is 31.2 Å². The highest BCUT2D eigenvalue weighted by atomic mass is 35.5. The lowest BCUT2D eigenvalue weighted by Crippen LogP contribution is -2.49. The normalized spacial score (nSPS) is 14.3. The summed E-state index contributed by atoms with van der Waals surface area (Å²) in [6.07, 6.45) is -3.05. The minimum Gasteiger partial charge on any atom is -0.350 e. The molecule has 1 aliphatic rings. The van der Waals surface area contributed by atoms with Crippen LogP contribution in [0.4, 0.5) is 18.9 Å². The standard InChI is InChI=1S/C28H26Cl2F3N3O4S/c1-2-24(27(38)34-16-17-4-3-5-18(14-17)26(37)35-21-9-10-21)36(41(39,40)22-11-7-20(29)8-12-22)25-15-19(28(31,32)33)6-13-23(25)30/h3-8,11-15,21,24H,2,9-10,16H2,1H3,(H,34,38)(H,35,37). The minimum absolute atomic E-state index is 0.0644. The Labute approximate surface area is 245 Å². The van der Waals surface area contributed by atoms with Gasteiger partial charge in [-0.05, 0) is 79.4 Å². The summed E-state index contributed by atoms with van der Waals surface area (Å²) in [5.41, 5.74) is -0.666. The third-order valence-corrected chi connectivity index (χ3v) is 8.83. The van der Waals surface area contributed by atoms with Crippen LogP contribution in [0.3, 0.4) is 0 Å². The molecule has 0 radical (unpaired) electrons. The van der Waals surface area contributed by atoms with Crippen molar-refractivity contribution in [1.82, 2.24) is 10.6 Å². The molecule has 218 valence electrons. The number of nitrogens with zero attached hydrogens (tertiary/aromatic N) is 1. The zero-order chi connectivity index (χ0) is 29.9. The number of benzene rings is 3. The Morgan fingerprint density at radius 3 is 2.32 bits per heavy atom. The molecule has 2 amide bonds. The number of hydrogen-bond donors (Lipinski definition) is 2. The van der Waals surface area contributed by atoms with Gasteiger partial charge in [0.25, 0.3) is 15.9 Å². The van der Waals surface area contributed by atoms with Crippen molar-refractivity contribution >= 4 is 50.7 Å². The summed E-state index contributed by atoms with van der Waals surface area (Å²) in [4.78, 5) is 25.6. The molecule has 2 N–H and O–H groups in total. The fourth-order valence-corrected chi connectivity index (χ4v) is 6.21. The third kappa shape index (κ3) is 7.33. The molecule has 3 aromatic rings. The second-order valence-electron chi connectivity index (χ2n) is 9.51. The molecule has 41 heavy (non-hydrogen) atoms. The van der Waals surface area contributed by atoms with Gasteiger partial charge in [-0.3, -0.25) is 13.9 Å². The Morgan fingerprint density at radius 1 is 1.02 bits per heavy atom. The Hall–Kier alpha value is -3.28. The zero-order valence-electron chi connectivity index (χ0n) is 21.7. The molecule has 1 saturated carbocycles. The molecule has 1 aliphatic carbocycles. The first-order chi connectivity index (χ1) is 19.3. The fraction of sp³-hybridized carbons (Fsp3) is 0.286. The maximum absolute atomic E-state index is 13.9. The van der Waals surface area contributed by atoms with Crippen molar-refractivity contribution in [2.75, 3.05) is 4.31 Å². The Kier molecular flexibility index (Phi) is 9.20. The van der Waals surface area contributed by atoms with E-state index in [0.717, 1.165) is 25.0 Å². The topological polar surface area (TPSA) is 95.6 Å². The van der Waals surface area contributed by atoms with Crippen LogP contribution in [-0.2, 0) is 27.5 Å². The minimum atomic E-state index is -4.80. The lowest BCUT2D eigenvalue weighted by Gasteiger charge is -2.32. The number of amides is 2. The average Bonchev–Trinajstić information content (AvgIpc) is 3.74. The number of halogens is 5. The van der Waals surface area contributed by atoms with E-state index in [1.807, 2.05) is 0 Å². The Balaban J connectivity index is 1.68. The van der Waals surface area contributed by atoms with Crippen molar-refractivity contribution in [1.29, 1.82) is 0 Å². The fourth-order valence-electron chi connectivity index (χ4n) is 4.13. The summed E-state index contributed by atoms with van der Waals surface area (Å²) < 4.78 is 69.2. The molecule has 0 aliphatic heterocycles. The number of nitrogens with one attached hydrogen (secondary N) is 2. The van der Waals surface area contributed by atoms with Crippen molar-refractivity contribution in [2.45, 2.75) is 55.9 Å². The molecule has 0 aromatic heterocycles. The van der Waals surface area contributed by atoms with Crippen LogP contribution < -0.4 is 14.9 Å². The average molecular weight is 628 g/mol. The highest BCUT2D eigenvalue weighted by Gasteiger charge is 2.39. The largest absolute Gasteiger partial charge is 0.416 e. The van der Waals surface area contributed by atoms with Gasteiger partial charge < -0.3 is 10.6 Å². The number of anilines is 1. The molecule has 1 atom stereocenters. The summed E-state index contributed by atoms with van der Waals surface area (Å²) in [5, 5.41) is 5.48. The predicted molar refractivity (Wildman–Crippen MR) is 150 cm³/mol. The van der Waals surface area contributed by atoms with Crippen molar-refractivity contribution in [3.63, 3.8) is 0 Å². The van der Waals surface area contributed by atoms with Gasteiger partial charge in [-0.1, -0.05) is 42.3 Å². The van der Waals surface area contributed by atoms with Gasteiger partial charge in [-0.25, -0.2) is 8.42 Å². The first kappa shape index (κ1) is 30.7. The van der Waals surface area contributed by atoms with E-state index in [4.69, 9.17) is 23.2 Å². The lowest BCUT2D eigenvalue weighted by molar-refractivity contribution is -0.137. The Morgan fingerprint density at radius 2 is 1.71 bits per heavy atom. The second-order valence-corrected chi connectivity index (χ2v) is 12.2. The van der Waals surface area contributed by atoms with E-state index in [0.29, 0.717) is 21.5 Å². The molecular formula is C28H26Cl2F3N3O4S. The molecule has 13 heteroatoms. The molecule has 0 heterocycles. The van der Waals surface area contributed by atoms with E-state index in [1.165, 1.54) is 31.2 Å². The van der Waals surface area contributed by atoms with Crippen LogP contribution in [0.1, 0.15) is 47.7 Å². The second kappa shape index (κ2) is 12.3. The number of hydrogen-bond acceptors (Lipinski definition) is 4. The van der Waals surface area contributed by atoms with Crippen LogP contribution in [0.2, 0.25) is 10.0 Å². The van der Waals surface area contributed by atoms with Crippen LogP contribution in [0.15, 0.2) is 71.6 Å². The molecule has 1 fully saturated rings. The van der Waals surface area contributed by atoms with Gasteiger partial charge in [-0.2, -0.15) is 13.2 Å². The molecule has 4 rings (SSSR count). The van der Waals surface area contributed by atoms with Crippen molar-refractivity contribution in [3.8, 4) is 0 Å². The number of sulfonamides is 1. The van der Waals surface area contributed by atoms with Crippen LogP contribution in [0.25, 0.3) is 0 Å². The molecule has 0 bridgehead atoms.